The topological polar surface area (TPSA) is 83.0 Å². The molecule has 7 nitrogen and oxygen atoms in total. The van der Waals surface area contributed by atoms with Crippen LogP contribution in [0.15, 0.2) is 22.5 Å². The van der Waals surface area contributed by atoms with Gasteiger partial charge < -0.3 is 15.4 Å². The van der Waals surface area contributed by atoms with E-state index >= 15 is 0 Å². The van der Waals surface area contributed by atoms with Gasteiger partial charge in [0.2, 0.25) is 0 Å². The van der Waals surface area contributed by atoms with Crippen LogP contribution in [-0.4, -0.2) is 77.7 Å². The summed E-state index contributed by atoms with van der Waals surface area (Å²) < 4.78 is 27.5. The van der Waals surface area contributed by atoms with Crippen molar-refractivity contribution in [2.24, 2.45) is 10.9 Å². The summed E-state index contributed by atoms with van der Waals surface area (Å²) in [4.78, 5) is 8.23. The average Bonchev–Trinajstić information content (AvgIpc) is 3.18. The molecule has 1 aromatic heterocycles. The highest BCUT2D eigenvalue weighted by atomic mass is 32.2. The Hall–Kier alpha value is -1.16. The summed E-state index contributed by atoms with van der Waals surface area (Å²) in [6.07, 6.45) is 3.72. The van der Waals surface area contributed by atoms with E-state index in [4.69, 9.17) is 4.74 Å². The number of thiophene rings is 1. The van der Waals surface area contributed by atoms with Gasteiger partial charge in [-0.1, -0.05) is 13.0 Å². The summed E-state index contributed by atoms with van der Waals surface area (Å²) in [5.74, 6) is 1.60. The standard InChI is InChI=1S/C19H34N4O3S2/c1-16-6-9-23(10-7-16)17(18-5-4-13-27-18)15-22-19(20-2)21-8-11-26-12-14-28(3,24)25/h4-5,13,16-17H,6-12,14-15H2,1-3H3,(H2,20,21,22). The minimum absolute atomic E-state index is 0.0525. The zero-order valence-corrected chi connectivity index (χ0v) is 18.8. The quantitative estimate of drug-likeness (QED) is 0.334. The van der Waals surface area contributed by atoms with E-state index in [1.807, 2.05) is 0 Å². The van der Waals surface area contributed by atoms with E-state index < -0.39 is 9.84 Å². The van der Waals surface area contributed by atoms with E-state index in [2.05, 4.69) is 45.0 Å². The number of sulfone groups is 1. The van der Waals surface area contributed by atoms with Crippen LogP contribution in [0.1, 0.15) is 30.7 Å². The van der Waals surface area contributed by atoms with Gasteiger partial charge in [-0.2, -0.15) is 0 Å². The van der Waals surface area contributed by atoms with Gasteiger partial charge in [-0.3, -0.25) is 9.89 Å². The number of nitrogens with one attached hydrogen (secondary N) is 2. The summed E-state index contributed by atoms with van der Waals surface area (Å²) in [5.41, 5.74) is 0. The SMILES string of the molecule is CN=C(NCCOCCS(C)(=O)=O)NCC(c1cccs1)N1CCC(C)CC1. The van der Waals surface area contributed by atoms with E-state index in [1.165, 1.54) is 24.0 Å². The molecule has 0 aromatic carbocycles. The molecule has 1 aliphatic heterocycles. The fourth-order valence-corrected chi connectivity index (χ4v) is 4.48. The number of hydrogen-bond acceptors (Lipinski definition) is 6. The molecule has 0 saturated carbocycles. The fraction of sp³-hybridized carbons (Fsp3) is 0.737. The largest absolute Gasteiger partial charge is 0.379 e. The molecule has 1 unspecified atom stereocenters. The van der Waals surface area contributed by atoms with Gasteiger partial charge in [0.05, 0.1) is 25.0 Å². The Morgan fingerprint density at radius 3 is 2.71 bits per heavy atom. The Morgan fingerprint density at radius 1 is 1.36 bits per heavy atom. The van der Waals surface area contributed by atoms with Crippen LogP contribution in [0.5, 0.6) is 0 Å². The molecular weight excluding hydrogens is 396 g/mol. The maximum Gasteiger partial charge on any atom is 0.191 e. The van der Waals surface area contributed by atoms with Crippen molar-refractivity contribution in [1.82, 2.24) is 15.5 Å². The van der Waals surface area contributed by atoms with Gasteiger partial charge >= 0.3 is 0 Å². The van der Waals surface area contributed by atoms with Gasteiger partial charge in [0, 0.05) is 31.3 Å². The Labute approximate surface area is 173 Å². The zero-order valence-electron chi connectivity index (χ0n) is 17.2. The van der Waals surface area contributed by atoms with Crippen LogP contribution >= 0.6 is 11.3 Å². The summed E-state index contributed by atoms with van der Waals surface area (Å²) in [7, 11) is -1.22. The van der Waals surface area contributed by atoms with Crippen molar-refractivity contribution in [3.63, 3.8) is 0 Å². The number of aliphatic imine (C=N–C) groups is 1. The number of piperidine rings is 1. The molecule has 0 aliphatic carbocycles. The normalized spacial score (nSPS) is 18.2. The summed E-state index contributed by atoms with van der Waals surface area (Å²) in [5, 5.41) is 8.80. The van der Waals surface area contributed by atoms with Crippen molar-refractivity contribution in [3.05, 3.63) is 22.4 Å². The van der Waals surface area contributed by atoms with Crippen LogP contribution in [-0.2, 0) is 14.6 Å². The lowest BCUT2D eigenvalue weighted by molar-refractivity contribution is 0.140. The molecule has 1 aliphatic rings. The van der Waals surface area contributed by atoms with Crippen LogP contribution in [0.4, 0.5) is 0 Å². The summed E-state index contributed by atoms with van der Waals surface area (Å²) in [6, 6.07) is 4.67. The molecule has 1 saturated heterocycles. The van der Waals surface area contributed by atoms with Crippen molar-refractivity contribution in [2.45, 2.75) is 25.8 Å². The first-order valence-corrected chi connectivity index (χ1v) is 12.8. The second-order valence-corrected chi connectivity index (χ2v) is 10.6. The van der Waals surface area contributed by atoms with E-state index in [0.717, 1.165) is 31.5 Å². The lowest BCUT2D eigenvalue weighted by Gasteiger charge is -2.36. The Balaban J connectivity index is 1.77. The molecular formula is C19H34N4O3S2. The van der Waals surface area contributed by atoms with E-state index in [-0.39, 0.29) is 12.4 Å². The highest BCUT2D eigenvalue weighted by molar-refractivity contribution is 7.90. The molecule has 9 heteroatoms. The van der Waals surface area contributed by atoms with Gasteiger partial charge in [0.1, 0.15) is 9.84 Å². The first-order valence-electron chi connectivity index (χ1n) is 9.86. The molecule has 2 heterocycles. The number of ether oxygens (including phenoxy) is 1. The molecule has 28 heavy (non-hydrogen) atoms. The number of likely N-dealkylation sites (tertiary alicyclic amines) is 1. The number of guanidine groups is 1. The maximum absolute atomic E-state index is 11.1. The second-order valence-electron chi connectivity index (χ2n) is 7.37. The third-order valence-electron chi connectivity index (χ3n) is 4.95. The molecule has 160 valence electrons. The van der Waals surface area contributed by atoms with E-state index in [0.29, 0.717) is 19.2 Å². The van der Waals surface area contributed by atoms with Crippen LogP contribution < -0.4 is 10.6 Å². The minimum Gasteiger partial charge on any atom is -0.379 e. The van der Waals surface area contributed by atoms with Gasteiger partial charge in [-0.15, -0.1) is 11.3 Å². The van der Waals surface area contributed by atoms with E-state index in [9.17, 15) is 8.42 Å². The summed E-state index contributed by atoms with van der Waals surface area (Å²) in [6.45, 7) is 6.63. The third-order valence-corrected chi connectivity index (χ3v) is 6.84. The van der Waals surface area contributed by atoms with Crippen LogP contribution in [0.25, 0.3) is 0 Å². The molecule has 2 N–H and O–H groups in total. The van der Waals surface area contributed by atoms with Crippen molar-refractivity contribution in [1.29, 1.82) is 0 Å². The highest BCUT2D eigenvalue weighted by Crippen LogP contribution is 2.28. The monoisotopic (exact) mass is 430 g/mol. The first-order chi connectivity index (χ1) is 13.4. The predicted octanol–water partition coefficient (Wildman–Crippen LogP) is 1.75. The predicted molar refractivity (Wildman–Crippen MR) is 117 cm³/mol. The van der Waals surface area contributed by atoms with Crippen molar-refractivity contribution in [2.75, 3.05) is 58.4 Å². The molecule has 0 radical (unpaired) electrons. The average molecular weight is 431 g/mol. The molecule has 0 bridgehead atoms. The molecule has 1 fully saturated rings. The molecule has 0 amide bonds. The Kier molecular flexibility index (Phi) is 9.70. The van der Waals surface area contributed by atoms with Crippen molar-refractivity contribution in [3.8, 4) is 0 Å². The first kappa shape index (κ1) is 23.1. The number of rotatable bonds is 10. The fourth-order valence-electron chi connectivity index (χ4n) is 3.20. The molecule has 1 aromatic rings. The van der Waals surface area contributed by atoms with Crippen molar-refractivity contribution < 1.29 is 13.2 Å². The van der Waals surface area contributed by atoms with E-state index in [1.54, 1.807) is 18.4 Å². The number of nitrogens with zero attached hydrogens (tertiary/aromatic N) is 2. The van der Waals surface area contributed by atoms with Crippen LogP contribution in [0.2, 0.25) is 0 Å². The van der Waals surface area contributed by atoms with Crippen molar-refractivity contribution >= 4 is 27.1 Å². The molecule has 2 rings (SSSR count). The number of hydrogen-bond donors (Lipinski definition) is 2. The lowest BCUT2D eigenvalue weighted by Crippen LogP contribution is -2.45. The zero-order chi connectivity index (χ0) is 20.4. The smallest absolute Gasteiger partial charge is 0.191 e. The Morgan fingerprint density at radius 2 is 2.11 bits per heavy atom. The van der Waals surface area contributed by atoms with Gasteiger partial charge in [0.25, 0.3) is 0 Å². The van der Waals surface area contributed by atoms with Crippen LogP contribution in [0.3, 0.4) is 0 Å². The third kappa shape index (κ3) is 8.46. The minimum atomic E-state index is -2.97. The van der Waals surface area contributed by atoms with Gasteiger partial charge in [-0.05, 0) is 43.3 Å². The van der Waals surface area contributed by atoms with Gasteiger partial charge in [0.15, 0.2) is 5.96 Å². The maximum atomic E-state index is 11.1. The molecule has 0 spiro atoms. The summed E-state index contributed by atoms with van der Waals surface area (Å²) >= 11 is 1.80. The second kappa shape index (κ2) is 11.7. The highest BCUT2D eigenvalue weighted by Gasteiger charge is 2.25. The molecule has 1 atom stereocenters. The van der Waals surface area contributed by atoms with Gasteiger partial charge in [-0.25, -0.2) is 8.42 Å². The lowest BCUT2D eigenvalue weighted by atomic mass is 9.97. The Bertz CT molecular complexity index is 684. The van der Waals surface area contributed by atoms with Crippen LogP contribution in [0, 0.1) is 5.92 Å².